The Morgan fingerprint density at radius 1 is 1.04 bits per heavy atom. The molecule has 0 spiro atoms. The number of thioether (sulfide) groups is 1. The van der Waals surface area contributed by atoms with Crippen LogP contribution in [0.2, 0.25) is 0 Å². The van der Waals surface area contributed by atoms with Crippen molar-refractivity contribution in [3.8, 4) is 5.75 Å². The molecule has 2 N–H and O–H groups in total. The highest BCUT2D eigenvalue weighted by molar-refractivity contribution is 7.98. The normalized spacial score (nSPS) is 12.8. The highest BCUT2D eigenvalue weighted by atomic mass is 32.2. The van der Waals surface area contributed by atoms with E-state index in [-0.39, 0.29) is 11.8 Å². The van der Waals surface area contributed by atoms with Crippen molar-refractivity contribution in [3.63, 3.8) is 0 Å². The molecule has 2 amide bonds. The lowest BCUT2D eigenvalue weighted by molar-refractivity contribution is -0.145. The standard InChI is InChI=1S/C20H30N2O5S/c1-13(2)12-17(19(24)21-16(10-11-28-5)20(25)27-4)22-18(23)14-6-8-15(26-3)9-7-14/h6-9,13,16-17H,10-12H2,1-5H3,(H,21,24)(H,22,23)/t16-,17-/m1/s1. The predicted octanol–water partition coefficient (Wildman–Crippen LogP) is 2.25. The van der Waals surface area contributed by atoms with E-state index in [0.717, 1.165) is 0 Å². The van der Waals surface area contributed by atoms with Crippen LogP contribution >= 0.6 is 11.8 Å². The lowest BCUT2D eigenvalue weighted by Gasteiger charge is -2.23. The van der Waals surface area contributed by atoms with Gasteiger partial charge in [0, 0.05) is 5.56 Å². The molecule has 0 saturated heterocycles. The van der Waals surface area contributed by atoms with Gasteiger partial charge in [0.15, 0.2) is 0 Å². The first kappa shape index (κ1) is 23.8. The summed E-state index contributed by atoms with van der Waals surface area (Å²) in [5.41, 5.74) is 0.425. The molecular formula is C20H30N2O5S. The van der Waals surface area contributed by atoms with Crippen LogP contribution in [0.3, 0.4) is 0 Å². The quantitative estimate of drug-likeness (QED) is 0.544. The van der Waals surface area contributed by atoms with E-state index >= 15 is 0 Å². The molecule has 7 nitrogen and oxygen atoms in total. The maximum atomic E-state index is 12.8. The number of hydrogen-bond acceptors (Lipinski definition) is 6. The number of nitrogens with one attached hydrogen (secondary N) is 2. The summed E-state index contributed by atoms with van der Waals surface area (Å²) in [5, 5.41) is 5.49. The third-order valence-corrected chi connectivity index (χ3v) is 4.74. The molecule has 8 heteroatoms. The fourth-order valence-electron chi connectivity index (χ4n) is 2.59. The fourth-order valence-corrected chi connectivity index (χ4v) is 3.06. The largest absolute Gasteiger partial charge is 0.497 e. The van der Waals surface area contributed by atoms with Crippen LogP contribution in [-0.2, 0) is 14.3 Å². The van der Waals surface area contributed by atoms with Crippen molar-refractivity contribution >= 4 is 29.5 Å². The molecule has 0 bridgehead atoms. The average molecular weight is 411 g/mol. The van der Waals surface area contributed by atoms with Gasteiger partial charge < -0.3 is 20.1 Å². The number of carbonyl (C=O) groups is 3. The van der Waals surface area contributed by atoms with Crippen molar-refractivity contribution in [1.82, 2.24) is 10.6 Å². The Kier molecular flexibility index (Phi) is 10.4. The Morgan fingerprint density at radius 2 is 1.68 bits per heavy atom. The van der Waals surface area contributed by atoms with E-state index in [1.807, 2.05) is 20.1 Å². The summed E-state index contributed by atoms with van der Waals surface area (Å²) in [6.07, 6.45) is 2.83. The Bertz CT molecular complexity index is 649. The van der Waals surface area contributed by atoms with E-state index in [2.05, 4.69) is 10.6 Å². The summed E-state index contributed by atoms with van der Waals surface area (Å²) in [4.78, 5) is 37.3. The highest BCUT2D eigenvalue weighted by Crippen LogP contribution is 2.13. The topological polar surface area (TPSA) is 93.7 Å². The van der Waals surface area contributed by atoms with Crippen molar-refractivity contribution in [2.45, 2.75) is 38.8 Å². The smallest absolute Gasteiger partial charge is 0.328 e. The average Bonchev–Trinajstić information content (AvgIpc) is 2.69. The van der Waals surface area contributed by atoms with Crippen molar-refractivity contribution in [3.05, 3.63) is 29.8 Å². The van der Waals surface area contributed by atoms with Crippen LogP contribution in [0.25, 0.3) is 0 Å². The van der Waals surface area contributed by atoms with Gasteiger partial charge in [-0.3, -0.25) is 9.59 Å². The van der Waals surface area contributed by atoms with Crippen LogP contribution in [0.4, 0.5) is 0 Å². The van der Waals surface area contributed by atoms with Gasteiger partial charge in [0.2, 0.25) is 5.91 Å². The van der Waals surface area contributed by atoms with Gasteiger partial charge in [0.25, 0.3) is 5.91 Å². The third kappa shape index (κ3) is 7.80. The van der Waals surface area contributed by atoms with Crippen molar-refractivity contribution in [1.29, 1.82) is 0 Å². The minimum absolute atomic E-state index is 0.176. The van der Waals surface area contributed by atoms with Crippen LogP contribution in [0, 0.1) is 5.92 Å². The molecule has 1 aromatic rings. The fraction of sp³-hybridized carbons (Fsp3) is 0.550. The van der Waals surface area contributed by atoms with Gasteiger partial charge in [-0.1, -0.05) is 13.8 Å². The first-order valence-corrected chi connectivity index (χ1v) is 10.5. The predicted molar refractivity (Wildman–Crippen MR) is 111 cm³/mol. The molecule has 28 heavy (non-hydrogen) atoms. The van der Waals surface area contributed by atoms with E-state index in [1.165, 1.54) is 7.11 Å². The second kappa shape index (κ2) is 12.3. The number of carbonyl (C=O) groups excluding carboxylic acids is 3. The number of rotatable bonds is 11. The lowest BCUT2D eigenvalue weighted by atomic mass is 10.0. The molecule has 0 heterocycles. The van der Waals surface area contributed by atoms with Gasteiger partial charge in [0.1, 0.15) is 17.8 Å². The van der Waals surface area contributed by atoms with Crippen LogP contribution in [0.1, 0.15) is 37.0 Å². The number of amides is 2. The zero-order valence-corrected chi connectivity index (χ0v) is 17.9. The molecule has 0 fully saturated rings. The molecule has 156 valence electrons. The van der Waals surface area contributed by atoms with Crippen LogP contribution in [0.5, 0.6) is 5.75 Å². The zero-order valence-electron chi connectivity index (χ0n) is 17.1. The minimum Gasteiger partial charge on any atom is -0.497 e. The van der Waals surface area contributed by atoms with E-state index in [4.69, 9.17) is 9.47 Å². The van der Waals surface area contributed by atoms with Crippen molar-refractivity contribution in [2.24, 2.45) is 5.92 Å². The molecule has 1 rings (SSSR count). The van der Waals surface area contributed by atoms with Gasteiger partial charge in [-0.05, 0) is 55.0 Å². The first-order valence-electron chi connectivity index (χ1n) is 9.14. The summed E-state index contributed by atoms with van der Waals surface area (Å²) < 4.78 is 9.87. The SMILES string of the molecule is COC(=O)[C@@H](CCSC)NC(=O)[C@@H](CC(C)C)NC(=O)c1ccc(OC)cc1. The maximum Gasteiger partial charge on any atom is 0.328 e. The lowest BCUT2D eigenvalue weighted by Crippen LogP contribution is -2.52. The van der Waals surface area contributed by atoms with Gasteiger partial charge in [0.05, 0.1) is 14.2 Å². The molecule has 0 unspecified atom stereocenters. The van der Waals surface area contributed by atoms with Crippen LogP contribution < -0.4 is 15.4 Å². The Hall–Kier alpha value is -2.22. The molecule has 0 radical (unpaired) electrons. The number of ether oxygens (including phenoxy) is 2. The highest BCUT2D eigenvalue weighted by Gasteiger charge is 2.27. The second-order valence-corrected chi connectivity index (χ2v) is 7.74. The van der Waals surface area contributed by atoms with E-state index in [1.54, 1.807) is 43.1 Å². The Balaban J connectivity index is 2.87. The summed E-state index contributed by atoms with van der Waals surface area (Å²) in [6, 6.07) is 5.14. The van der Waals surface area contributed by atoms with Crippen LogP contribution in [0.15, 0.2) is 24.3 Å². The number of esters is 1. The van der Waals surface area contributed by atoms with E-state index < -0.39 is 24.0 Å². The van der Waals surface area contributed by atoms with E-state index in [0.29, 0.717) is 29.9 Å². The van der Waals surface area contributed by atoms with Gasteiger partial charge in [-0.25, -0.2) is 4.79 Å². The molecule has 0 aliphatic carbocycles. The molecule has 0 aliphatic heterocycles. The summed E-state index contributed by atoms with van der Waals surface area (Å²) in [5.74, 6) is 0.270. The third-order valence-electron chi connectivity index (χ3n) is 4.09. The maximum absolute atomic E-state index is 12.8. The monoisotopic (exact) mass is 410 g/mol. The molecular weight excluding hydrogens is 380 g/mol. The van der Waals surface area contributed by atoms with Gasteiger partial charge >= 0.3 is 5.97 Å². The zero-order chi connectivity index (χ0) is 21.1. The van der Waals surface area contributed by atoms with E-state index in [9.17, 15) is 14.4 Å². The van der Waals surface area contributed by atoms with Crippen molar-refractivity contribution in [2.75, 3.05) is 26.2 Å². The second-order valence-electron chi connectivity index (χ2n) is 6.75. The summed E-state index contributed by atoms with van der Waals surface area (Å²) in [6.45, 7) is 3.93. The minimum atomic E-state index is -0.754. The molecule has 0 aliphatic rings. The number of benzene rings is 1. The van der Waals surface area contributed by atoms with Crippen molar-refractivity contribution < 1.29 is 23.9 Å². The van der Waals surface area contributed by atoms with Gasteiger partial charge in [-0.2, -0.15) is 11.8 Å². The summed E-state index contributed by atoms with van der Waals surface area (Å²) in [7, 11) is 2.84. The molecule has 1 aromatic carbocycles. The number of methoxy groups -OCH3 is 2. The van der Waals surface area contributed by atoms with Crippen LogP contribution in [-0.4, -0.2) is 56.1 Å². The first-order chi connectivity index (χ1) is 13.3. The molecule has 2 atom stereocenters. The summed E-state index contributed by atoms with van der Waals surface area (Å²) >= 11 is 1.58. The Morgan fingerprint density at radius 3 is 2.18 bits per heavy atom. The molecule has 0 saturated carbocycles. The Labute approximate surface area is 170 Å². The molecule has 0 aromatic heterocycles. The number of hydrogen-bond donors (Lipinski definition) is 2. The van der Waals surface area contributed by atoms with Gasteiger partial charge in [-0.15, -0.1) is 0 Å².